The third-order valence-electron chi connectivity index (χ3n) is 3.33. The Morgan fingerprint density at radius 1 is 1.11 bits per heavy atom. The standard InChI is InChI=1S/C14H22BrNO2/c1-9-10(2)14(18-4)12(11(3)13(9)15)5-6-16-7-8-17/h16-17H,5-8H2,1-4H3. The normalized spacial score (nSPS) is 10.8. The highest BCUT2D eigenvalue weighted by Crippen LogP contribution is 2.36. The van der Waals surface area contributed by atoms with Crippen LogP contribution in [0.2, 0.25) is 0 Å². The molecule has 0 unspecified atom stereocenters. The first-order valence-corrected chi connectivity index (χ1v) is 6.97. The Bertz CT molecular complexity index is 419. The van der Waals surface area contributed by atoms with Gasteiger partial charge in [0.05, 0.1) is 13.7 Å². The first-order valence-electron chi connectivity index (χ1n) is 6.18. The Morgan fingerprint density at radius 2 is 1.78 bits per heavy atom. The van der Waals surface area contributed by atoms with E-state index in [1.807, 2.05) is 0 Å². The molecule has 0 aromatic heterocycles. The predicted octanol–water partition coefficient (Wildman–Crippen LogP) is 2.51. The molecule has 1 rings (SSSR count). The lowest BCUT2D eigenvalue weighted by Crippen LogP contribution is -2.21. The smallest absolute Gasteiger partial charge is 0.125 e. The molecule has 0 atom stereocenters. The van der Waals surface area contributed by atoms with Crippen LogP contribution in [-0.2, 0) is 6.42 Å². The second-order valence-electron chi connectivity index (χ2n) is 4.42. The van der Waals surface area contributed by atoms with Crippen LogP contribution in [0, 0.1) is 20.8 Å². The van der Waals surface area contributed by atoms with Gasteiger partial charge >= 0.3 is 0 Å². The summed E-state index contributed by atoms with van der Waals surface area (Å²) in [6, 6.07) is 0. The van der Waals surface area contributed by atoms with Crippen molar-refractivity contribution in [2.75, 3.05) is 26.8 Å². The number of hydrogen-bond donors (Lipinski definition) is 2. The highest BCUT2D eigenvalue weighted by atomic mass is 79.9. The molecule has 1 aromatic rings. The van der Waals surface area contributed by atoms with Crippen molar-refractivity contribution in [3.8, 4) is 5.75 Å². The van der Waals surface area contributed by atoms with Crippen LogP contribution in [0.5, 0.6) is 5.75 Å². The molecule has 0 saturated carbocycles. The number of halogens is 1. The molecule has 4 heteroatoms. The summed E-state index contributed by atoms with van der Waals surface area (Å²) in [6.07, 6.45) is 0.898. The van der Waals surface area contributed by atoms with Crippen LogP contribution in [0.1, 0.15) is 22.3 Å². The summed E-state index contributed by atoms with van der Waals surface area (Å²) in [4.78, 5) is 0. The lowest BCUT2D eigenvalue weighted by molar-refractivity contribution is 0.292. The summed E-state index contributed by atoms with van der Waals surface area (Å²) in [6.45, 7) is 7.94. The van der Waals surface area contributed by atoms with Crippen molar-refractivity contribution >= 4 is 15.9 Å². The minimum Gasteiger partial charge on any atom is -0.496 e. The molecule has 18 heavy (non-hydrogen) atoms. The SMILES string of the molecule is COc1c(C)c(C)c(Br)c(C)c1CCNCCO. The molecule has 0 spiro atoms. The number of rotatable bonds is 6. The van der Waals surface area contributed by atoms with Crippen LogP contribution in [0.4, 0.5) is 0 Å². The van der Waals surface area contributed by atoms with Gasteiger partial charge in [-0.2, -0.15) is 0 Å². The minimum absolute atomic E-state index is 0.173. The molecule has 0 aliphatic rings. The fraction of sp³-hybridized carbons (Fsp3) is 0.571. The summed E-state index contributed by atoms with van der Waals surface area (Å²) in [7, 11) is 1.72. The maximum atomic E-state index is 8.75. The zero-order valence-electron chi connectivity index (χ0n) is 11.6. The predicted molar refractivity (Wildman–Crippen MR) is 78.6 cm³/mol. The average Bonchev–Trinajstić information content (AvgIpc) is 2.38. The molecule has 0 bridgehead atoms. The molecule has 0 amide bonds. The van der Waals surface area contributed by atoms with Crippen LogP contribution in [0.15, 0.2) is 4.47 Å². The van der Waals surface area contributed by atoms with Gasteiger partial charge in [-0.15, -0.1) is 0 Å². The fourth-order valence-electron chi connectivity index (χ4n) is 2.14. The Labute approximate surface area is 118 Å². The minimum atomic E-state index is 0.173. The molecule has 0 aliphatic carbocycles. The lowest BCUT2D eigenvalue weighted by Gasteiger charge is -2.19. The zero-order valence-corrected chi connectivity index (χ0v) is 13.1. The molecule has 0 fully saturated rings. The molecular weight excluding hydrogens is 294 g/mol. The monoisotopic (exact) mass is 315 g/mol. The van der Waals surface area contributed by atoms with Crippen LogP contribution in [0.25, 0.3) is 0 Å². The van der Waals surface area contributed by atoms with Crippen LogP contribution in [-0.4, -0.2) is 31.9 Å². The maximum Gasteiger partial charge on any atom is 0.125 e. The van der Waals surface area contributed by atoms with Gasteiger partial charge in [-0.25, -0.2) is 0 Å². The Hall–Kier alpha value is -0.580. The van der Waals surface area contributed by atoms with Gasteiger partial charge in [0.2, 0.25) is 0 Å². The molecular formula is C14H22BrNO2. The number of hydrogen-bond acceptors (Lipinski definition) is 3. The van der Waals surface area contributed by atoms with Gasteiger partial charge in [-0.05, 0) is 56.0 Å². The van der Waals surface area contributed by atoms with E-state index in [9.17, 15) is 0 Å². The topological polar surface area (TPSA) is 41.5 Å². The van der Waals surface area contributed by atoms with Gasteiger partial charge in [0.1, 0.15) is 5.75 Å². The van der Waals surface area contributed by atoms with Crippen molar-refractivity contribution in [3.05, 3.63) is 26.7 Å². The average molecular weight is 316 g/mol. The number of nitrogens with one attached hydrogen (secondary N) is 1. The third kappa shape index (κ3) is 3.25. The van der Waals surface area contributed by atoms with E-state index < -0.39 is 0 Å². The van der Waals surface area contributed by atoms with Crippen molar-refractivity contribution in [1.29, 1.82) is 0 Å². The Kier molecular flexibility index (Phi) is 6.12. The summed E-state index contributed by atoms with van der Waals surface area (Å²) in [5, 5.41) is 11.9. The van der Waals surface area contributed by atoms with Gasteiger partial charge < -0.3 is 15.2 Å². The summed E-state index contributed by atoms with van der Waals surface area (Å²) < 4.78 is 6.72. The number of aliphatic hydroxyl groups excluding tert-OH is 1. The van der Waals surface area contributed by atoms with Crippen molar-refractivity contribution in [3.63, 3.8) is 0 Å². The molecule has 2 N–H and O–H groups in total. The van der Waals surface area contributed by atoms with E-state index in [4.69, 9.17) is 9.84 Å². The third-order valence-corrected chi connectivity index (χ3v) is 4.52. The molecule has 0 aliphatic heterocycles. The second kappa shape index (κ2) is 7.12. The van der Waals surface area contributed by atoms with Gasteiger partial charge in [-0.3, -0.25) is 0 Å². The molecule has 3 nitrogen and oxygen atoms in total. The van der Waals surface area contributed by atoms with E-state index >= 15 is 0 Å². The van der Waals surface area contributed by atoms with Crippen molar-refractivity contribution < 1.29 is 9.84 Å². The van der Waals surface area contributed by atoms with E-state index in [1.54, 1.807) is 7.11 Å². The first kappa shape index (κ1) is 15.5. The van der Waals surface area contributed by atoms with E-state index in [-0.39, 0.29) is 6.61 Å². The maximum absolute atomic E-state index is 8.75. The van der Waals surface area contributed by atoms with Gasteiger partial charge in [0.25, 0.3) is 0 Å². The van der Waals surface area contributed by atoms with E-state index in [0.717, 1.165) is 23.2 Å². The summed E-state index contributed by atoms with van der Waals surface area (Å²) in [5.41, 5.74) is 4.89. The van der Waals surface area contributed by atoms with Crippen LogP contribution >= 0.6 is 15.9 Å². The Balaban J connectivity index is 3.01. The summed E-state index contributed by atoms with van der Waals surface area (Å²) in [5.74, 6) is 0.985. The largest absolute Gasteiger partial charge is 0.496 e. The lowest BCUT2D eigenvalue weighted by atomic mass is 9.97. The number of ether oxygens (including phenoxy) is 1. The highest BCUT2D eigenvalue weighted by molar-refractivity contribution is 9.10. The summed E-state index contributed by atoms with van der Waals surface area (Å²) >= 11 is 3.65. The second-order valence-corrected chi connectivity index (χ2v) is 5.22. The highest BCUT2D eigenvalue weighted by Gasteiger charge is 2.16. The first-order chi connectivity index (χ1) is 8.54. The quantitative estimate of drug-likeness (QED) is 0.793. The molecule has 1 aromatic carbocycles. The molecule has 0 saturated heterocycles. The van der Waals surface area contributed by atoms with Crippen molar-refractivity contribution in [2.45, 2.75) is 27.2 Å². The number of methoxy groups -OCH3 is 1. The van der Waals surface area contributed by atoms with Gasteiger partial charge in [-0.1, -0.05) is 15.9 Å². The van der Waals surface area contributed by atoms with Crippen LogP contribution in [0.3, 0.4) is 0 Å². The molecule has 102 valence electrons. The Morgan fingerprint density at radius 3 is 2.33 bits per heavy atom. The van der Waals surface area contributed by atoms with Crippen molar-refractivity contribution in [1.82, 2.24) is 5.32 Å². The fourth-order valence-corrected chi connectivity index (χ4v) is 2.68. The van der Waals surface area contributed by atoms with E-state index in [1.165, 1.54) is 22.3 Å². The van der Waals surface area contributed by atoms with E-state index in [0.29, 0.717) is 6.54 Å². The van der Waals surface area contributed by atoms with Crippen LogP contribution < -0.4 is 10.1 Å². The molecule has 0 heterocycles. The number of benzene rings is 1. The van der Waals surface area contributed by atoms with E-state index in [2.05, 4.69) is 42.0 Å². The zero-order chi connectivity index (χ0) is 13.7. The molecule has 0 radical (unpaired) electrons. The number of aliphatic hydroxyl groups is 1. The van der Waals surface area contributed by atoms with Gasteiger partial charge in [0.15, 0.2) is 0 Å². The van der Waals surface area contributed by atoms with Gasteiger partial charge in [0, 0.05) is 11.0 Å². The van der Waals surface area contributed by atoms with Crippen molar-refractivity contribution in [2.24, 2.45) is 0 Å².